The number of hydrogen-bond donors (Lipinski definition) is 1. The molecule has 3 rings (SSSR count). The van der Waals surface area contributed by atoms with Crippen molar-refractivity contribution in [1.29, 1.82) is 0 Å². The van der Waals surface area contributed by atoms with Crippen molar-refractivity contribution in [2.75, 3.05) is 6.26 Å². The summed E-state index contributed by atoms with van der Waals surface area (Å²) in [6.45, 7) is 0. The van der Waals surface area contributed by atoms with Gasteiger partial charge in [0.2, 0.25) is 5.78 Å². The van der Waals surface area contributed by atoms with Crippen LogP contribution in [0.15, 0.2) is 39.7 Å². The quantitative estimate of drug-likeness (QED) is 0.803. The van der Waals surface area contributed by atoms with Crippen molar-refractivity contribution in [3.63, 3.8) is 0 Å². The van der Waals surface area contributed by atoms with Gasteiger partial charge in [0, 0.05) is 27.9 Å². The number of alkyl halides is 1. The van der Waals surface area contributed by atoms with Crippen LogP contribution in [0.1, 0.15) is 22.0 Å². The van der Waals surface area contributed by atoms with Crippen LogP contribution in [0.25, 0.3) is 0 Å². The predicted octanol–water partition coefficient (Wildman–Crippen LogP) is 3.35. The lowest BCUT2D eigenvalue weighted by Gasteiger charge is -2.14. The smallest absolute Gasteiger partial charge is 0.201 e. The summed E-state index contributed by atoms with van der Waals surface area (Å²) in [5.74, 6) is -1.83. The maximum absolute atomic E-state index is 14.0. The van der Waals surface area contributed by atoms with E-state index in [-0.39, 0.29) is 22.0 Å². The highest BCUT2D eigenvalue weighted by Crippen LogP contribution is 2.44. The second kappa shape index (κ2) is 6.15. The summed E-state index contributed by atoms with van der Waals surface area (Å²) in [6.07, 6.45) is -3.28. The Morgan fingerprint density at radius 3 is 2.52 bits per heavy atom. The SMILES string of the molecule is CS(=O)(=O)c1ccc(Oc2cc(F)cc(Br)c2)c2c1C(=O)C(F)[C@H]2O. The third-order valence-corrected chi connectivity index (χ3v) is 5.30. The second-order valence-corrected chi connectivity index (χ2v) is 8.44. The number of aliphatic hydroxyl groups is 1. The molecule has 2 aromatic rings. The normalized spacial score (nSPS) is 19.8. The molecule has 2 atom stereocenters. The van der Waals surface area contributed by atoms with Gasteiger partial charge in [0.25, 0.3) is 0 Å². The number of ether oxygens (including phenoxy) is 1. The second-order valence-electron chi connectivity index (χ2n) is 5.54. The fourth-order valence-corrected chi connectivity index (χ4v) is 4.01. The average Bonchev–Trinajstić information content (AvgIpc) is 2.71. The molecular formula is C16H11BrF2O5S. The van der Waals surface area contributed by atoms with Crippen molar-refractivity contribution in [2.24, 2.45) is 0 Å². The number of benzene rings is 2. The molecule has 132 valence electrons. The van der Waals surface area contributed by atoms with Crippen LogP contribution in [-0.4, -0.2) is 31.7 Å². The molecule has 0 radical (unpaired) electrons. The molecule has 1 N–H and O–H groups in total. The van der Waals surface area contributed by atoms with E-state index in [4.69, 9.17) is 4.74 Å². The molecule has 0 heterocycles. The molecule has 1 unspecified atom stereocenters. The van der Waals surface area contributed by atoms with E-state index in [9.17, 15) is 27.1 Å². The first-order valence-electron chi connectivity index (χ1n) is 6.97. The summed E-state index contributed by atoms with van der Waals surface area (Å²) in [5.41, 5.74) is -0.698. The van der Waals surface area contributed by atoms with Crippen LogP contribution >= 0.6 is 15.9 Å². The van der Waals surface area contributed by atoms with Crippen molar-refractivity contribution in [3.05, 3.63) is 51.7 Å². The number of Topliss-reactive ketones (excluding diaryl/α,β-unsaturated/α-hetero) is 1. The van der Waals surface area contributed by atoms with Gasteiger partial charge in [0.15, 0.2) is 16.0 Å². The Labute approximate surface area is 150 Å². The third kappa shape index (κ3) is 3.19. The summed E-state index contributed by atoms with van der Waals surface area (Å²) in [5, 5.41) is 10.0. The van der Waals surface area contributed by atoms with Crippen LogP contribution in [0.3, 0.4) is 0 Å². The minimum atomic E-state index is -3.83. The van der Waals surface area contributed by atoms with Crippen LogP contribution in [0.2, 0.25) is 0 Å². The van der Waals surface area contributed by atoms with Crippen LogP contribution in [-0.2, 0) is 9.84 Å². The van der Waals surface area contributed by atoms with E-state index in [1.165, 1.54) is 18.2 Å². The van der Waals surface area contributed by atoms with E-state index in [0.717, 1.165) is 18.4 Å². The highest BCUT2D eigenvalue weighted by Gasteiger charge is 2.44. The van der Waals surface area contributed by atoms with Crippen LogP contribution in [0, 0.1) is 5.82 Å². The van der Waals surface area contributed by atoms with Gasteiger partial charge in [-0.1, -0.05) is 15.9 Å². The number of rotatable bonds is 3. The van der Waals surface area contributed by atoms with Crippen molar-refractivity contribution >= 4 is 31.6 Å². The molecule has 0 aliphatic heterocycles. The maximum Gasteiger partial charge on any atom is 0.201 e. The summed E-state index contributed by atoms with van der Waals surface area (Å²) < 4.78 is 57.0. The minimum absolute atomic E-state index is 0.0307. The average molecular weight is 433 g/mol. The van der Waals surface area contributed by atoms with Gasteiger partial charge >= 0.3 is 0 Å². The molecule has 0 saturated carbocycles. The molecule has 0 aromatic heterocycles. The lowest BCUT2D eigenvalue weighted by Crippen LogP contribution is -2.14. The summed E-state index contributed by atoms with van der Waals surface area (Å²) in [4.78, 5) is 11.7. The molecule has 0 amide bonds. The molecule has 1 aliphatic rings. The van der Waals surface area contributed by atoms with Gasteiger partial charge < -0.3 is 9.84 Å². The number of halogens is 3. The number of ketones is 1. The topological polar surface area (TPSA) is 80.7 Å². The van der Waals surface area contributed by atoms with Gasteiger partial charge in [-0.25, -0.2) is 17.2 Å². The number of carbonyl (C=O) groups is 1. The zero-order valence-corrected chi connectivity index (χ0v) is 15.1. The first-order valence-corrected chi connectivity index (χ1v) is 9.65. The van der Waals surface area contributed by atoms with E-state index in [1.54, 1.807) is 0 Å². The lowest BCUT2D eigenvalue weighted by atomic mass is 10.1. The molecule has 0 bridgehead atoms. The molecule has 25 heavy (non-hydrogen) atoms. The Morgan fingerprint density at radius 2 is 1.92 bits per heavy atom. The van der Waals surface area contributed by atoms with Crippen molar-refractivity contribution < 1.29 is 31.8 Å². The first-order chi connectivity index (χ1) is 11.6. The van der Waals surface area contributed by atoms with E-state index in [0.29, 0.717) is 4.47 Å². The molecular weight excluding hydrogens is 422 g/mol. The molecule has 0 spiro atoms. The fourth-order valence-electron chi connectivity index (χ4n) is 2.67. The minimum Gasteiger partial charge on any atom is -0.457 e. The van der Waals surface area contributed by atoms with Crippen molar-refractivity contribution in [3.8, 4) is 11.5 Å². The van der Waals surface area contributed by atoms with Gasteiger partial charge in [-0.3, -0.25) is 4.79 Å². The molecule has 9 heteroatoms. The van der Waals surface area contributed by atoms with E-state index in [2.05, 4.69) is 15.9 Å². The van der Waals surface area contributed by atoms with E-state index in [1.807, 2.05) is 0 Å². The van der Waals surface area contributed by atoms with Gasteiger partial charge in [-0.05, 0) is 24.3 Å². The van der Waals surface area contributed by atoms with Gasteiger partial charge in [0.05, 0.1) is 4.90 Å². The molecule has 0 saturated heterocycles. The Hall–Kier alpha value is -1.84. The van der Waals surface area contributed by atoms with E-state index >= 15 is 0 Å². The Balaban J connectivity index is 2.19. The molecule has 2 aromatic carbocycles. The number of carbonyl (C=O) groups excluding carboxylic acids is 1. The fraction of sp³-hybridized carbons (Fsp3) is 0.188. The zero-order valence-electron chi connectivity index (χ0n) is 12.7. The largest absolute Gasteiger partial charge is 0.457 e. The third-order valence-electron chi connectivity index (χ3n) is 3.70. The Morgan fingerprint density at radius 1 is 1.24 bits per heavy atom. The number of hydrogen-bond acceptors (Lipinski definition) is 5. The van der Waals surface area contributed by atoms with Gasteiger partial charge in [-0.2, -0.15) is 0 Å². The summed E-state index contributed by atoms with van der Waals surface area (Å²) in [6, 6.07) is 5.97. The summed E-state index contributed by atoms with van der Waals surface area (Å²) >= 11 is 3.09. The highest BCUT2D eigenvalue weighted by molar-refractivity contribution is 9.10. The molecule has 0 fully saturated rings. The highest BCUT2D eigenvalue weighted by atomic mass is 79.9. The Bertz CT molecular complexity index is 970. The van der Waals surface area contributed by atoms with Crippen molar-refractivity contribution in [1.82, 2.24) is 0 Å². The van der Waals surface area contributed by atoms with Gasteiger partial charge in [-0.15, -0.1) is 0 Å². The lowest BCUT2D eigenvalue weighted by molar-refractivity contribution is 0.0633. The monoisotopic (exact) mass is 432 g/mol. The first kappa shape index (κ1) is 18.0. The molecule has 5 nitrogen and oxygen atoms in total. The van der Waals surface area contributed by atoms with Crippen LogP contribution < -0.4 is 4.74 Å². The number of fused-ring (bicyclic) bond motifs is 1. The number of sulfone groups is 1. The van der Waals surface area contributed by atoms with Crippen LogP contribution in [0.4, 0.5) is 8.78 Å². The standard InChI is InChI=1S/C16H11BrF2O5S/c1-25(22,23)11-3-2-10(12-13(11)16(21)14(19)15(12)20)24-9-5-7(17)4-8(18)6-9/h2-6,14-15,20H,1H3/t14?,15-/m0/s1. The van der Waals surface area contributed by atoms with E-state index < -0.39 is 39.3 Å². The van der Waals surface area contributed by atoms with Crippen LogP contribution in [0.5, 0.6) is 11.5 Å². The predicted molar refractivity (Wildman–Crippen MR) is 87.9 cm³/mol. The maximum atomic E-state index is 14.0. The van der Waals surface area contributed by atoms with Crippen molar-refractivity contribution in [2.45, 2.75) is 17.2 Å². The van der Waals surface area contributed by atoms with Gasteiger partial charge in [0.1, 0.15) is 23.4 Å². The zero-order chi connectivity index (χ0) is 18.5. The summed E-state index contributed by atoms with van der Waals surface area (Å²) in [7, 11) is -3.83. The number of aliphatic hydroxyl groups excluding tert-OH is 1. The molecule has 1 aliphatic carbocycles. The Kier molecular flexibility index (Phi) is 4.42.